The zero-order chi connectivity index (χ0) is 11.5. The molecule has 0 spiro atoms. The van der Waals surface area contributed by atoms with Gasteiger partial charge >= 0.3 is 0 Å². The van der Waals surface area contributed by atoms with Crippen LogP contribution in [-0.4, -0.2) is 25.7 Å². The second kappa shape index (κ2) is 5.09. The van der Waals surface area contributed by atoms with Crippen molar-refractivity contribution in [3.63, 3.8) is 0 Å². The summed E-state index contributed by atoms with van der Waals surface area (Å²) in [5.74, 6) is 0. The first-order valence-corrected chi connectivity index (χ1v) is 7.00. The van der Waals surface area contributed by atoms with E-state index in [0.717, 1.165) is 6.04 Å². The lowest BCUT2D eigenvalue weighted by Crippen LogP contribution is -2.36. The maximum absolute atomic E-state index is 3.64. The van der Waals surface area contributed by atoms with Crippen molar-refractivity contribution in [1.29, 1.82) is 0 Å². The summed E-state index contributed by atoms with van der Waals surface area (Å²) in [6, 6.07) is 9.68. The molecule has 1 saturated carbocycles. The van der Waals surface area contributed by atoms with Crippen LogP contribution in [0.3, 0.4) is 0 Å². The maximum Gasteiger partial charge on any atom is 0.0399 e. The van der Waals surface area contributed by atoms with Crippen molar-refractivity contribution in [3.05, 3.63) is 29.8 Å². The number of rotatable bonds is 5. The van der Waals surface area contributed by atoms with Crippen molar-refractivity contribution in [3.8, 4) is 0 Å². The van der Waals surface area contributed by atoms with Crippen LogP contribution in [0.4, 0.5) is 5.69 Å². The monoisotopic (exact) mass is 230 g/mol. The van der Waals surface area contributed by atoms with Crippen LogP contribution in [0.2, 0.25) is 0 Å². The van der Waals surface area contributed by atoms with Gasteiger partial charge in [0.15, 0.2) is 0 Å². The van der Waals surface area contributed by atoms with E-state index in [-0.39, 0.29) is 0 Å². The van der Waals surface area contributed by atoms with Gasteiger partial charge in [-0.1, -0.05) is 24.6 Å². The average Bonchev–Trinajstić information content (AvgIpc) is 2.70. The third-order valence-electron chi connectivity index (χ3n) is 4.13. The van der Waals surface area contributed by atoms with Gasteiger partial charge in [0.2, 0.25) is 0 Å². The van der Waals surface area contributed by atoms with Gasteiger partial charge in [-0.15, -0.1) is 0 Å². The lowest BCUT2D eigenvalue weighted by Gasteiger charge is -2.27. The van der Waals surface area contributed by atoms with Crippen LogP contribution < -0.4 is 10.2 Å². The Morgan fingerprint density at radius 2 is 2.12 bits per heavy atom. The largest absolute Gasteiger partial charge is 0.371 e. The van der Waals surface area contributed by atoms with Gasteiger partial charge < -0.3 is 10.2 Å². The Bertz CT molecular complexity index is 371. The molecule has 0 saturated heterocycles. The van der Waals surface area contributed by atoms with Gasteiger partial charge in [0.05, 0.1) is 0 Å². The molecule has 1 fully saturated rings. The minimum absolute atomic E-state index is 0.834. The summed E-state index contributed by atoms with van der Waals surface area (Å²) in [7, 11) is 0. The highest BCUT2D eigenvalue weighted by atomic mass is 15.1. The Morgan fingerprint density at radius 1 is 1.24 bits per heavy atom. The lowest BCUT2D eigenvalue weighted by molar-refractivity contribution is 0.339. The smallest absolute Gasteiger partial charge is 0.0399 e. The molecule has 1 N–H and O–H groups in total. The Balaban J connectivity index is 1.43. The predicted octanol–water partition coefficient (Wildman–Crippen LogP) is 2.58. The zero-order valence-corrected chi connectivity index (χ0v) is 10.5. The van der Waals surface area contributed by atoms with E-state index >= 15 is 0 Å². The van der Waals surface area contributed by atoms with E-state index in [1.165, 1.54) is 63.0 Å². The van der Waals surface area contributed by atoms with Crippen LogP contribution in [0.15, 0.2) is 24.3 Å². The van der Waals surface area contributed by atoms with Crippen molar-refractivity contribution in [2.75, 3.05) is 24.5 Å². The first-order valence-electron chi connectivity index (χ1n) is 7.00. The molecule has 0 radical (unpaired) electrons. The molecule has 1 heterocycles. The Morgan fingerprint density at radius 3 is 2.94 bits per heavy atom. The second-order valence-electron chi connectivity index (χ2n) is 5.30. The summed E-state index contributed by atoms with van der Waals surface area (Å²) in [6.07, 6.45) is 6.72. The minimum Gasteiger partial charge on any atom is -0.371 e. The second-order valence-corrected chi connectivity index (χ2v) is 5.30. The SMILES string of the molecule is c1ccc2c(c1)CCN2CCCNC1CCC1. The van der Waals surface area contributed by atoms with Gasteiger partial charge in [-0.05, 0) is 43.9 Å². The number of nitrogens with one attached hydrogen (secondary N) is 1. The molecule has 92 valence electrons. The Labute approximate surface area is 104 Å². The van der Waals surface area contributed by atoms with E-state index in [4.69, 9.17) is 0 Å². The van der Waals surface area contributed by atoms with Crippen LogP contribution in [0.5, 0.6) is 0 Å². The lowest BCUT2D eigenvalue weighted by atomic mass is 9.93. The molecule has 0 aromatic heterocycles. The normalized spacial score (nSPS) is 19.2. The number of para-hydroxylation sites is 1. The van der Waals surface area contributed by atoms with Crippen LogP contribution in [0, 0.1) is 0 Å². The zero-order valence-electron chi connectivity index (χ0n) is 10.5. The molecule has 1 aromatic carbocycles. The molecule has 2 nitrogen and oxygen atoms in total. The summed E-state index contributed by atoms with van der Waals surface area (Å²) in [5, 5.41) is 3.64. The molecule has 2 aliphatic rings. The van der Waals surface area contributed by atoms with Gasteiger partial charge in [-0.3, -0.25) is 0 Å². The van der Waals surface area contributed by atoms with E-state index in [1.807, 2.05) is 0 Å². The molecular weight excluding hydrogens is 208 g/mol. The molecule has 17 heavy (non-hydrogen) atoms. The molecule has 0 amide bonds. The summed E-state index contributed by atoms with van der Waals surface area (Å²) >= 11 is 0. The highest BCUT2D eigenvalue weighted by molar-refractivity contribution is 5.57. The number of anilines is 1. The van der Waals surface area contributed by atoms with E-state index in [2.05, 4.69) is 34.5 Å². The predicted molar refractivity (Wildman–Crippen MR) is 72.6 cm³/mol. The molecule has 1 aliphatic heterocycles. The van der Waals surface area contributed by atoms with Gasteiger partial charge in [0, 0.05) is 24.8 Å². The first kappa shape index (κ1) is 11.1. The molecule has 0 atom stereocenters. The summed E-state index contributed by atoms with van der Waals surface area (Å²) < 4.78 is 0. The quantitative estimate of drug-likeness (QED) is 0.782. The highest BCUT2D eigenvalue weighted by Crippen LogP contribution is 2.27. The maximum atomic E-state index is 3.64. The number of hydrogen-bond donors (Lipinski definition) is 1. The Kier molecular flexibility index (Phi) is 3.32. The van der Waals surface area contributed by atoms with Crippen LogP contribution in [0.1, 0.15) is 31.2 Å². The number of nitrogens with zero attached hydrogens (tertiary/aromatic N) is 1. The van der Waals surface area contributed by atoms with Gasteiger partial charge in [-0.2, -0.15) is 0 Å². The van der Waals surface area contributed by atoms with E-state index in [9.17, 15) is 0 Å². The molecule has 1 aliphatic carbocycles. The average molecular weight is 230 g/mol. The van der Waals surface area contributed by atoms with Gasteiger partial charge in [-0.25, -0.2) is 0 Å². The standard InChI is InChI=1S/C15H22N2/c1-2-8-15-13(5-1)9-12-17(15)11-4-10-16-14-6-3-7-14/h1-2,5,8,14,16H,3-4,6-7,9-12H2. The fraction of sp³-hybridized carbons (Fsp3) is 0.600. The van der Waals surface area contributed by atoms with E-state index in [0.29, 0.717) is 0 Å². The fourth-order valence-corrected chi connectivity index (χ4v) is 2.83. The van der Waals surface area contributed by atoms with Crippen LogP contribution in [-0.2, 0) is 6.42 Å². The van der Waals surface area contributed by atoms with Crippen molar-refractivity contribution in [2.24, 2.45) is 0 Å². The van der Waals surface area contributed by atoms with Crippen LogP contribution >= 0.6 is 0 Å². The molecule has 2 heteroatoms. The summed E-state index contributed by atoms with van der Waals surface area (Å²) in [6.45, 7) is 3.60. The number of benzene rings is 1. The Hall–Kier alpha value is -1.02. The van der Waals surface area contributed by atoms with Crippen molar-refractivity contribution < 1.29 is 0 Å². The molecule has 1 aromatic rings. The number of hydrogen-bond acceptors (Lipinski definition) is 2. The highest BCUT2D eigenvalue weighted by Gasteiger charge is 2.18. The third kappa shape index (κ3) is 2.47. The summed E-state index contributed by atoms with van der Waals surface area (Å²) in [5.41, 5.74) is 3.00. The van der Waals surface area contributed by atoms with Gasteiger partial charge in [0.25, 0.3) is 0 Å². The van der Waals surface area contributed by atoms with Crippen LogP contribution in [0.25, 0.3) is 0 Å². The van der Waals surface area contributed by atoms with Crippen molar-refractivity contribution in [2.45, 2.75) is 38.1 Å². The van der Waals surface area contributed by atoms with Crippen molar-refractivity contribution in [1.82, 2.24) is 5.32 Å². The van der Waals surface area contributed by atoms with E-state index in [1.54, 1.807) is 0 Å². The fourth-order valence-electron chi connectivity index (χ4n) is 2.83. The molecular formula is C15H22N2. The first-order chi connectivity index (χ1) is 8.43. The molecule has 0 bridgehead atoms. The topological polar surface area (TPSA) is 15.3 Å². The number of fused-ring (bicyclic) bond motifs is 1. The third-order valence-corrected chi connectivity index (χ3v) is 4.13. The van der Waals surface area contributed by atoms with Gasteiger partial charge in [0.1, 0.15) is 0 Å². The van der Waals surface area contributed by atoms with Crippen molar-refractivity contribution >= 4 is 5.69 Å². The van der Waals surface area contributed by atoms with E-state index < -0.39 is 0 Å². The summed E-state index contributed by atoms with van der Waals surface area (Å²) in [4.78, 5) is 2.54. The molecule has 0 unspecified atom stereocenters. The minimum atomic E-state index is 0.834. The molecule has 3 rings (SSSR count).